The lowest BCUT2D eigenvalue weighted by Crippen LogP contribution is -2.48. The molecule has 4 aliphatic heterocycles. The summed E-state index contributed by atoms with van der Waals surface area (Å²) < 4.78 is 24.1. The van der Waals surface area contributed by atoms with Gasteiger partial charge in [0.05, 0.1) is 37.4 Å². The fourth-order valence-electron chi connectivity index (χ4n) is 8.75. The minimum Gasteiger partial charge on any atom is -0.394 e. The van der Waals surface area contributed by atoms with Crippen LogP contribution in [0.2, 0.25) is 18.6 Å². The zero-order valence-electron chi connectivity index (χ0n) is 28.2. The van der Waals surface area contributed by atoms with Crippen LogP contribution < -0.4 is 9.80 Å². The van der Waals surface area contributed by atoms with E-state index in [9.17, 15) is 19.5 Å². The Kier molecular flexibility index (Phi) is 9.08. The van der Waals surface area contributed by atoms with E-state index in [1.54, 1.807) is 22.9 Å². The summed E-state index contributed by atoms with van der Waals surface area (Å²) in [6.45, 7) is 6.33. The fourth-order valence-corrected chi connectivity index (χ4v) is 11.6. The van der Waals surface area contributed by atoms with Crippen molar-refractivity contribution >= 4 is 53.4 Å². The molecule has 8 nitrogen and oxygen atoms in total. The highest BCUT2D eigenvalue weighted by Gasteiger charge is 2.67. The van der Waals surface area contributed by atoms with Crippen molar-refractivity contribution in [2.75, 3.05) is 23.0 Å². The van der Waals surface area contributed by atoms with Gasteiger partial charge in [0.15, 0.2) is 5.60 Å². The van der Waals surface area contributed by atoms with E-state index in [-0.39, 0.29) is 43.3 Å². The molecule has 2 fully saturated rings. The molecule has 4 aliphatic rings. The number of amides is 3. The Hall–Kier alpha value is -3.38. The number of anilines is 2. The van der Waals surface area contributed by atoms with Crippen LogP contribution in [0.15, 0.2) is 71.2 Å². The molecule has 4 heterocycles. The van der Waals surface area contributed by atoms with Crippen molar-refractivity contribution in [2.24, 2.45) is 5.92 Å². The van der Waals surface area contributed by atoms with Gasteiger partial charge >= 0.3 is 0 Å². The second-order valence-corrected chi connectivity index (χ2v) is 19.2. The van der Waals surface area contributed by atoms with Crippen LogP contribution in [0.5, 0.6) is 0 Å². The Labute approximate surface area is 296 Å². The third-order valence-electron chi connectivity index (χ3n) is 11.1. The van der Waals surface area contributed by atoms with Gasteiger partial charge in [0.1, 0.15) is 0 Å². The van der Waals surface area contributed by atoms with Crippen LogP contribution in [0.3, 0.4) is 0 Å². The molecule has 3 aromatic rings. The Morgan fingerprint density at radius 1 is 1.06 bits per heavy atom. The highest BCUT2D eigenvalue weighted by Crippen LogP contribution is 2.60. The largest absolute Gasteiger partial charge is 0.394 e. The number of fused-ring (bicyclic) bond motifs is 3. The van der Waals surface area contributed by atoms with Crippen molar-refractivity contribution in [3.63, 3.8) is 0 Å². The number of ether oxygens (including phenoxy) is 1. The van der Waals surface area contributed by atoms with Gasteiger partial charge in [-0.15, -0.1) is 0 Å². The van der Waals surface area contributed by atoms with E-state index in [1.807, 2.05) is 78.6 Å². The van der Waals surface area contributed by atoms with Gasteiger partial charge in [-0.3, -0.25) is 14.4 Å². The molecule has 0 saturated carbocycles. The number of piperidine rings is 1. The molecule has 0 bridgehead atoms. The first-order valence-corrected chi connectivity index (χ1v) is 21.0. The number of hydrogen-bond donors (Lipinski definition) is 1. The summed E-state index contributed by atoms with van der Waals surface area (Å²) in [6, 6.07) is 21.0. The average Bonchev–Trinajstić information content (AvgIpc) is 3.50. The molecule has 1 N–H and O–H groups in total. The molecule has 2 saturated heterocycles. The summed E-state index contributed by atoms with van der Waals surface area (Å²) in [6.07, 6.45) is 2.09. The van der Waals surface area contributed by atoms with Gasteiger partial charge in [-0.25, -0.2) is 0 Å². The number of aliphatic hydroxyl groups excluding tert-OH is 1. The normalized spacial score (nSPS) is 26.8. The summed E-state index contributed by atoms with van der Waals surface area (Å²) in [7, 11) is -3.49. The van der Waals surface area contributed by atoms with Crippen molar-refractivity contribution < 1.29 is 28.3 Å². The van der Waals surface area contributed by atoms with E-state index < -0.39 is 31.6 Å². The lowest BCUT2D eigenvalue weighted by Gasteiger charge is -2.37. The summed E-state index contributed by atoms with van der Waals surface area (Å²) >= 11 is 3.60. The number of carbonyl (C=O) groups is 3. The molecule has 11 heteroatoms. The van der Waals surface area contributed by atoms with Crippen LogP contribution in [0.4, 0.5) is 15.5 Å². The van der Waals surface area contributed by atoms with Gasteiger partial charge in [-0.1, -0.05) is 59.3 Å². The first kappa shape index (κ1) is 34.1. The highest BCUT2D eigenvalue weighted by atomic mass is 79.9. The molecule has 0 aliphatic carbocycles. The smallest absolute Gasteiger partial charge is 0.264 e. The molecule has 3 aromatic carbocycles. The molecule has 0 unspecified atom stereocenters. The predicted octanol–water partition coefficient (Wildman–Crippen LogP) is 6.62. The number of benzene rings is 3. The second kappa shape index (κ2) is 13.1. The fraction of sp³-hybridized carbons (Fsp3) is 0.447. The zero-order chi connectivity index (χ0) is 34.7. The number of aliphatic hydroxyl groups is 1. The number of nitrogens with zero attached hydrogens (tertiary/aromatic N) is 3. The molecule has 1 spiro atoms. The van der Waals surface area contributed by atoms with Crippen LogP contribution in [-0.4, -0.2) is 61.4 Å². The van der Waals surface area contributed by atoms with Crippen LogP contribution in [0.1, 0.15) is 54.9 Å². The van der Waals surface area contributed by atoms with E-state index in [2.05, 4.69) is 15.9 Å². The second-order valence-electron chi connectivity index (χ2n) is 14.5. The van der Waals surface area contributed by atoms with Crippen molar-refractivity contribution in [3.05, 3.63) is 93.5 Å². The van der Waals surface area contributed by atoms with Gasteiger partial charge < -0.3 is 28.7 Å². The average molecular weight is 749 g/mol. The SMILES string of the molecule is C[C@H]1[C@H]([Si](C)(C)F)[C@@H](CC(=O)N2Cc3ccccc3C[C@H]2CO)O[C@]12C(=O)N(Cc1ccc(N3CCCCC3=O)cc1)c1ccc(Br)cc12. The number of hydrogen-bond acceptors (Lipinski definition) is 5. The summed E-state index contributed by atoms with van der Waals surface area (Å²) in [4.78, 5) is 46.6. The topological polar surface area (TPSA) is 90.4 Å². The molecule has 3 amide bonds. The van der Waals surface area contributed by atoms with Crippen molar-refractivity contribution in [1.29, 1.82) is 0 Å². The van der Waals surface area contributed by atoms with Crippen molar-refractivity contribution in [3.8, 4) is 0 Å². The third kappa shape index (κ3) is 5.96. The Balaban J connectivity index is 1.19. The van der Waals surface area contributed by atoms with E-state index in [0.717, 1.165) is 39.7 Å². The van der Waals surface area contributed by atoms with Crippen molar-refractivity contribution in [1.82, 2.24) is 4.90 Å². The number of halogens is 2. The number of carbonyl (C=O) groups excluding carboxylic acids is 3. The lowest BCUT2D eigenvalue weighted by atomic mass is 9.82. The molecule has 0 radical (unpaired) electrons. The summed E-state index contributed by atoms with van der Waals surface area (Å²) in [5.41, 5.74) is 3.17. The molecular formula is C38H43BrFN3O5Si. The van der Waals surface area contributed by atoms with Crippen molar-refractivity contribution in [2.45, 2.75) is 88.5 Å². The van der Waals surface area contributed by atoms with E-state index in [4.69, 9.17) is 4.74 Å². The summed E-state index contributed by atoms with van der Waals surface area (Å²) in [5, 5.41) is 10.3. The summed E-state index contributed by atoms with van der Waals surface area (Å²) in [5.74, 6) is -0.885. The quantitative estimate of drug-likeness (QED) is 0.217. The maximum atomic E-state index is 16.4. The van der Waals surface area contributed by atoms with Gasteiger partial charge in [-0.05, 0) is 79.4 Å². The Morgan fingerprint density at radius 2 is 1.80 bits per heavy atom. The predicted molar refractivity (Wildman–Crippen MR) is 192 cm³/mol. The first-order valence-electron chi connectivity index (χ1n) is 17.3. The maximum Gasteiger partial charge on any atom is 0.264 e. The molecule has 258 valence electrons. The van der Waals surface area contributed by atoms with Crippen LogP contribution in [-0.2, 0) is 44.2 Å². The molecule has 49 heavy (non-hydrogen) atoms. The van der Waals surface area contributed by atoms with Gasteiger partial charge in [-0.2, -0.15) is 0 Å². The van der Waals surface area contributed by atoms with Crippen LogP contribution in [0.25, 0.3) is 0 Å². The minimum atomic E-state index is -3.49. The van der Waals surface area contributed by atoms with Gasteiger partial charge in [0.2, 0.25) is 20.2 Å². The third-order valence-corrected chi connectivity index (χ3v) is 14.0. The monoisotopic (exact) mass is 747 g/mol. The lowest BCUT2D eigenvalue weighted by molar-refractivity contribution is -0.151. The molecule has 7 rings (SSSR count). The van der Waals surface area contributed by atoms with Gasteiger partial charge in [0, 0.05) is 46.7 Å². The van der Waals surface area contributed by atoms with E-state index in [1.165, 1.54) is 0 Å². The number of rotatable bonds is 7. The molecular weight excluding hydrogens is 705 g/mol. The first-order chi connectivity index (χ1) is 23.4. The standard InChI is InChI=1S/C38H43BrFN3O5Si/c1-24-36(49(2,3)40)33(20-35(46)42-22-27-9-5-4-8-26(27)18-30(42)23-44)48-38(24)31-19-28(39)13-16-32(31)43(37(38)47)21-25-11-14-29(15-12-25)41-17-7-6-10-34(41)45/h4-5,8-9,11-16,19,24,30,33,36,44H,6-7,10,17-18,20-23H2,1-3H3/t24-,30-,33+,36-,38+/m0/s1. The Bertz CT molecular complexity index is 1780. The molecule has 5 atom stereocenters. The van der Waals surface area contributed by atoms with Crippen LogP contribution in [0, 0.1) is 5.92 Å². The van der Waals surface area contributed by atoms with E-state index in [0.29, 0.717) is 37.2 Å². The van der Waals surface area contributed by atoms with Gasteiger partial charge in [0.25, 0.3) is 5.91 Å². The Morgan fingerprint density at radius 3 is 2.49 bits per heavy atom. The molecule has 0 aromatic heterocycles. The zero-order valence-corrected chi connectivity index (χ0v) is 30.8. The minimum absolute atomic E-state index is 0.0803. The highest BCUT2D eigenvalue weighted by molar-refractivity contribution is 9.10. The maximum absolute atomic E-state index is 16.4. The van der Waals surface area contributed by atoms with Crippen LogP contribution >= 0.6 is 15.9 Å². The van der Waals surface area contributed by atoms with E-state index >= 15 is 4.11 Å².